The molecule has 1 aromatic rings. The molecule has 1 heterocycles. The summed E-state index contributed by atoms with van der Waals surface area (Å²) in [4.78, 5) is 9.46. The van der Waals surface area contributed by atoms with E-state index < -0.39 is 29.5 Å². The van der Waals surface area contributed by atoms with Crippen LogP contribution in [0.15, 0.2) is 16.5 Å². The highest BCUT2D eigenvalue weighted by molar-refractivity contribution is 7.96. The van der Waals surface area contributed by atoms with E-state index in [0.29, 0.717) is 0 Å². The molecule has 0 saturated carbocycles. The Labute approximate surface area is 105 Å². The molecule has 0 aliphatic carbocycles. The van der Waals surface area contributed by atoms with Gasteiger partial charge in [-0.3, -0.25) is 10.1 Å². The molecule has 0 radical (unpaired) electrons. The number of hydrogen-bond acceptors (Lipinski definition) is 5. The Morgan fingerprint density at radius 2 is 1.94 bits per heavy atom. The van der Waals surface area contributed by atoms with E-state index in [1.54, 1.807) is 0 Å². The van der Waals surface area contributed by atoms with Gasteiger partial charge in [-0.05, 0) is 6.07 Å². The van der Waals surface area contributed by atoms with Crippen molar-refractivity contribution in [2.45, 2.75) is 8.88 Å². The lowest BCUT2D eigenvalue weighted by Gasteiger charge is -2.10. The van der Waals surface area contributed by atoms with E-state index in [2.05, 4.69) is 4.42 Å². The molecule has 0 amide bonds. The van der Waals surface area contributed by atoms with Crippen LogP contribution < -0.4 is 0 Å². The molecule has 0 aliphatic heterocycles. The number of furan rings is 1. The quantitative estimate of drug-likeness (QED) is 0.486. The number of sulfone groups is 1. The van der Waals surface area contributed by atoms with Crippen molar-refractivity contribution >= 4 is 50.5 Å². The average Bonchev–Trinajstić information content (AvgIpc) is 2.49. The standard InChI is InChI=1S/C6H4Cl3NO5S/c7-6(8,9)16(13,14)3-4-1-2-5(15-4)10(11)12/h1-2H,3H2. The molecule has 10 heteroatoms. The van der Waals surface area contributed by atoms with Crippen LogP contribution in [0.3, 0.4) is 0 Å². The van der Waals surface area contributed by atoms with Crippen molar-refractivity contribution in [2.24, 2.45) is 0 Å². The second kappa shape index (κ2) is 4.40. The molecule has 0 bridgehead atoms. The first-order valence-electron chi connectivity index (χ1n) is 3.65. The van der Waals surface area contributed by atoms with Crippen molar-refractivity contribution in [3.05, 3.63) is 28.0 Å². The molecule has 0 unspecified atom stereocenters. The third kappa shape index (κ3) is 3.00. The van der Waals surface area contributed by atoms with Gasteiger partial charge in [-0.1, -0.05) is 34.8 Å². The van der Waals surface area contributed by atoms with Crippen LogP contribution in [-0.2, 0) is 15.6 Å². The summed E-state index contributed by atoms with van der Waals surface area (Å²) in [7, 11) is -4.08. The number of nitro groups is 1. The van der Waals surface area contributed by atoms with Gasteiger partial charge in [-0.25, -0.2) is 8.42 Å². The van der Waals surface area contributed by atoms with Gasteiger partial charge < -0.3 is 4.42 Å². The van der Waals surface area contributed by atoms with Gasteiger partial charge in [0.05, 0.1) is 6.07 Å². The molecule has 16 heavy (non-hydrogen) atoms. The van der Waals surface area contributed by atoms with Gasteiger partial charge in [0, 0.05) is 0 Å². The summed E-state index contributed by atoms with van der Waals surface area (Å²) >= 11 is 15.6. The lowest BCUT2D eigenvalue weighted by Crippen LogP contribution is -2.21. The average molecular weight is 309 g/mol. The molecule has 0 spiro atoms. The van der Waals surface area contributed by atoms with E-state index in [1.165, 1.54) is 0 Å². The maximum Gasteiger partial charge on any atom is 0.433 e. The number of halogens is 3. The lowest BCUT2D eigenvalue weighted by molar-refractivity contribution is -0.402. The van der Waals surface area contributed by atoms with Crippen molar-refractivity contribution in [1.29, 1.82) is 0 Å². The van der Waals surface area contributed by atoms with Crippen LogP contribution in [0.5, 0.6) is 0 Å². The second-order valence-corrected chi connectivity index (χ2v) is 7.79. The van der Waals surface area contributed by atoms with E-state index in [-0.39, 0.29) is 5.76 Å². The molecule has 6 nitrogen and oxygen atoms in total. The molecular formula is C6H4Cl3NO5S. The van der Waals surface area contributed by atoms with Gasteiger partial charge >= 0.3 is 5.88 Å². The lowest BCUT2D eigenvalue weighted by atomic mass is 10.5. The number of rotatable bonds is 3. The molecule has 0 aromatic carbocycles. The van der Waals surface area contributed by atoms with Gasteiger partial charge in [0.1, 0.15) is 16.4 Å². The summed E-state index contributed by atoms with van der Waals surface area (Å²) in [5.74, 6) is -1.47. The van der Waals surface area contributed by atoms with Crippen LogP contribution >= 0.6 is 34.8 Å². The molecule has 1 rings (SSSR count). The van der Waals surface area contributed by atoms with E-state index >= 15 is 0 Å². The zero-order valence-electron chi connectivity index (χ0n) is 7.39. The predicted molar refractivity (Wildman–Crippen MR) is 58.3 cm³/mol. The summed E-state index contributed by atoms with van der Waals surface area (Å²) in [6.45, 7) is 0. The molecule has 0 atom stereocenters. The number of hydrogen-bond donors (Lipinski definition) is 0. The van der Waals surface area contributed by atoms with Crippen molar-refractivity contribution in [3.63, 3.8) is 0 Å². The van der Waals surface area contributed by atoms with Gasteiger partial charge in [0.2, 0.25) is 9.84 Å². The van der Waals surface area contributed by atoms with Crippen LogP contribution in [0.25, 0.3) is 0 Å². The zero-order valence-corrected chi connectivity index (χ0v) is 10.5. The fourth-order valence-corrected chi connectivity index (χ4v) is 2.00. The van der Waals surface area contributed by atoms with E-state index in [1.807, 2.05) is 0 Å². The zero-order chi connectivity index (χ0) is 12.6. The fourth-order valence-electron chi connectivity index (χ4n) is 0.811. The molecular weight excluding hydrogens is 304 g/mol. The Bertz CT molecular complexity index is 502. The third-order valence-electron chi connectivity index (χ3n) is 1.51. The highest BCUT2D eigenvalue weighted by Crippen LogP contribution is 2.35. The predicted octanol–water partition coefficient (Wildman–Crippen LogP) is 2.43. The van der Waals surface area contributed by atoms with Crippen LogP contribution in [-0.4, -0.2) is 16.5 Å². The van der Waals surface area contributed by atoms with Crippen molar-refractivity contribution in [1.82, 2.24) is 0 Å². The Kier molecular flexibility index (Phi) is 3.73. The van der Waals surface area contributed by atoms with Crippen LogP contribution in [0.1, 0.15) is 5.76 Å². The Morgan fingerprint density at radius 3 is 2.31 bits per heavy atom. The Balaban J connectivity index is 2.94. The van der Waals surface area contributed by atoms with Gasteiger partial charge in [0.15, 0.2) is 0 Å². The van der Waals surface area contributed by atoms with Crippen LogP contribution in [0.4, 0.5) is 5.88 Å². The van der Waals surface area contributed by atoms with Gasteiger partial charge in [0.25, 0.3) is 3.12 Å². The normalized spacial score (nSPS) is 12.7. The van der Waals surface area contributed by atoms with Crippen LogP contribution in [0, 0.1) is 10.1 Å². The molecule has 0 N–H and O–H groups in total. The SMILES string of the molecule is O=[N+]([O-])c1ccc(CS(=O)(=O)C(Cl)(Cl)Cl)o1. The van der Waals surface area contributed by atoms with Crippen molar-refractivity contribution in [2.75, 3.05) is 0 Å². The highest BCUT2D eigenvalue weighted by Gasteiger charge is 2.38. The first-order valence-corrected chi connectivity index (χ1v) is 6.44. The largest absolute Gasteiger partial charge is 0.433 e. The van der Waals surface area contributed by atoms with Gasteiger partial charge in [-0.15, -0.1) is 0 Å². The van der Waals surface area contributed by atoms with E-state index in [4.69, 9.17) is 34.8 Å². The van der Waals surface area contributed by atoms with E-state index in [9.17, 15) is 18.5 Å². The Morgan fingerprint density at radius 1 is 1.38 bits per heavy atom. The minimum absolute atomic E-state index is 0.168. The molecule has 90 valence electrons. The summed E-state index contributed by atoms with van der Waals surface area (Å²) in [6.07, 6.45) is 0. The summed E-state index contributed by atoms with van der Waals surface area (Å²) in [6, 6.07) is 2.15. The van der Waals surface area contributed by atoms with Crippen LogP contribution in [0.2, 0.25) is 0 Å². The molecule has 0 aliphatic rings. The number of nitrogens with zero attached hydrogens (tertiary/aromatic N) is 1. The Hall–Kier alpha value is -0.500. The second-order valence-electron chi connectivity index (χ2n) is 2.70. The third-order valence-corrected chi connectivity index (χ3v) is 5.00. The minimum atomic E-state index is -4.08. The number of alkyl halides is 3. The molecule has 0 saturated heterocycles. The summed E-state index contributed by atoms with van der Waals surface area (Å²) < 4.78 is 24.9. The summed E-state index contributed by atoms with van der Waals surface area (Å²) in [5.41, 5.74) is 0. The monoisotopic (exact) mass is 307 g/mol. The topological polar surface area (TPSA) is 90.4 Å². The maximum absolute atomic E-state index is 11.4. The molecule has 1 aromatic heterocycles. The highest BCUT2D eigenvalue weighted by atomic mass is 35.6. The first kappa shape index (κ1) is 13.6. The minimum Gasteiger partial charge on any atom is -0.405 e. The van der Waals surface area contributed by atoms with Crippen molar-refractivity contribution < 1.29 is 17.8 Å². The first-order chi connectivity index (χ1) is 7.13. The summed E-state index contributed by atoms with van der Waals surface area (Å²) in [5, 5.41) is 10.3. The van der Waals surface area contributed by atoms with Crippen molar-refractivity contribution in [3.8, 4) is 0 Å². The maximum atomic E-state index is 11.4. The molecule has 0 fully saturated rings. The van der Waals surface area contributed by atoms with Gasteiger partial charge in [-0.2, -0.15) is 0 Å². The smallest absolute Gasteiger partial charge is 0.405 e. The fraction of sp³-hybridized carbons (Fsp3) is 0.333. The van der Waals surface area contributed by atoms with E-state index in [0.717, 1.165) is 12.1 Å².